The van der Waals surface area contributed by atoms with E-state index in [-0.39, 0.29) is 23.7 Å². The van der Waals surface area contributed by atoms with Crippen LogP contribution in [0, 0.1) is 5.41 Å². The maximum atomic E-state index is 7.34. The van der Waals surface area contributed by atoms with Gasteiger partial charge in [-0.15, -0.1) is 12.4 Å². The fourth-order valence-electron chi connectivity index (χ4n) is 2.64. The van der Waals surface area contributed by atoms with Gasteiger partial charge in [0.1, 0.15) is 11.9 Å². The first-order valence-corrected chi connectivity index (χ1v) is 9.08. The maximum Gasteiger partial charge on any atom is 0.151 e. The van der Waals surface area contributed by atoms with E-state index in [4.69, 9.17) is 15.9 Å². The molecule has 126 valence electrons. The van der Waals surface area contributed by atoms with Crippen LogP contribution in [0.3, 0.4) is 0 Å². The molecule has 0 saturated heterocycles. The Hall–Kier alpha value is -1.43. The van der Waals surface area contributed by atoms with Crippen molar-refractivity contribution in [3.63, 3.8) is 0 Å². The first-order valence-electron chi connectivity index (χ1n) is 7.31. The predicted octanol–water partition coefficient (Wildman–Crippen LogP) is 5.40. The van der Waals surface area contributed by atoms with Crippen molar-refractivity contribution >= 4 is 50.8 Å². The Morgan fingerprint density at radius 1 is 1.29 bits per heavy atom. The largest absolute Gasteiger partial charge is 0.485 e. The van der Waals surface area contributed by atoms with Crippen LogP contribution < -0.4 is 10.5 Å². The van der Waals surface area contributed by atoms with E-state index in [1.807, 2.05) is 30.3 Å². The number of nitrogens with one attached hydrogen (secondary N) is 1. The van der Waals surface area contributed by atoms with Gasteiger partial charge in [-0.2, -0.15) is 0 Å². The van der Waals surface area contributed by atoms with Crippen LogP contribution in [-0.2, 0) is 0 Å². The van der Waals surface area contributed by atoms with Crippen molar-refractivity contribution in [2.45, 2.75) is 12.5 Å². The van der Waals surface area contributed by atoms with Crippen LogP contribution in [0.5, 0.6) is 5.75 Å². The van der Waals surface area contributed by atoms with E-state index in [0.29, 0.717) is 5.75 Å². The van der Waals surface area contributed by atoms with E-state index in [1.165, 1.54) is 22.9 Å². The number of hydrogen-bond donors (Lipinski definition) is 2. The molecule has 0 fully saturated rings. The maximum absolute atomic E-state index is 7.34. The van der Waals surface area contributed by atoms with Gasteiger partial charge < -0.3 is 10.5 Å². The molecule has 0 amide bonds. The molecule has 1 atom stereocenters. The Bertz CT molecular complexity index is 752. The lowest BCUT2D eigenvalue weighted by Gasteiger charge is -2.29. The summed E-state index contributed by atoms with van der Waals surface area (Å²) in [6.07, 6.45) is 2.97. The zero-order valence-electron chi connectivity index (χ0n) is 12.9. The second kappa shape index (κ2) is 8.60. The van der Waals surface area contributed by atoms with Crippen molar-refractivity contribution in [2.75, 3.05) is 5.75 Å². The fourth-order valence-corrected chi connectivity index (χ4v) is 3.46. The minimum absolute atomic E-state index is 0. The van der Waals surface area contributed by atoms with Gasteiger partial charge in [-0.25, -0.2) is 0 Å². The minimum Gasteiger partial charge on any atom is -0.485 e. The van der Waals surface area contributed by atoms with Crippen LogP contribution in [0.1, 0.15) is 23.7 Å². The van der Waals surface area contributed by atoms with Crippen LogP contribution in [0.15, 0.2) is 59.1 Å². The zero-order chi connectivity index (χ0) is 16.2. The number of benzene rings is 2. The van der Waals surface area contributed by atoms with Gasteiger partial charge in [0.2, 0.25) is 0 Å². The van der Waals surface area contributed by atoms with E-state index in [1.54, 1.807) is 0 Å². The highest BCUT2D eigenvalue weighted by Crippen LogP contribution is 2.42. The Morgan fingerprint density at radius 3 is 2.75 bits per heavy atom. The SMILES string of the molecule is Cl.N=C(N)SC/C=C1\CC(c2ccccc2)Oc2ccc(Br)cc21. The molecule has 0 spiro atoms. The molecule has 3 rings (SSSR count). The second-order valence-corrected chi connectivity index (χ2v) is 7.24. The molecular formula is C18H18BrClN2OS. The van der Waals surface area contributed by atoms with E-state index in [0.717, 1.165) is 22.2 Å². The lowest BCUT2D eigenvalue weighted by molar-refractivity contribution is 0.202. The molecule has 1 aliphatic heterocycles. The van der Waals surface area contributed by atoms with Gasteiger partial charge >= 0.3 is 0 Å². The molecule has 0 radical (unpaired) electrons. The molecule has 3 N–H and O–H groups in total. The number of thioether (sulfide) groups is 1. The Balaban J connectivity index is 0.00000208. The van der Waals surface area contributed by atoms with Gasteiger partial charge in [0.25, 0.3) is 0 Å². The minimum atomic E-state index is 0. The number of rotatable bonds is 3. The molecule has 0 saturated carbocycles. The van der Waals surface area contributed by atoms with Gasteiger partial charge in [0.05, 0.1) is 0 Å². The molecule has 2 aromatic rings. The quantitative estimate of drug-likeness (QED) is 0.511. The number of halogens is 2. The van der Waals surface area contributed by atoms with Gasteiger partial charge in [-0.05, 0) is 29.3 Å². The average Bonchev–Trinajstić information content (AvgIpc) is 2.55. The van der Waals surface area contributed by atoms with Crippen LogP contribution in [-0.4, -0.2) is 10.9 Å². The van der Waals surface area contributed by atoms with Crippen LogP contribution >= 0.6 is 40.1 Å². The predicted molar refractivity (Wildman–Crippen MR) is 108 cm³/mol. The molecule has 2 aromatic carbocycles. The van der Waals surface area contributed by atoms with Crippen molar-refractivity contribution < 1.29 is 4.74 Å². The van der Waals surface area contributed by atoms with Gasteiger partial charge in [0, 0.05) is 22.2 Å². The monoisotopic (exact) mass is 424 g/mol. The normalized spacial score (nSPS) is 17.5. The van der Waals surface area contributed by atoms with Crippen molar-refractivity contribution in [1.29, 1.82) is 5.41 Å². The third-order valence-electron chi connectivity index (χ3n) is 3.70. The number of fused-ring (bicyclic) bond motifs is 1. The molecule has 24 heavy (non-hydrogen) atoms. The highest BCUT2D eigenvalue weighted by Gasteiger charge is 2.24. The third-order valence-corrected chi connectivity index (χ3v) is 4.84. The average molecular weight is 426 g/mol. The van der Waals surface area contributed by atoms with E-state index >= 15 is 0 Å². The highest BCUT2D eigenvalue weighted by molar-refractivity contribution is 9.10. The van der Waals surface area contributed by atoms with E-state index in [2.05, 4.69) is 40.2 Å². The van der Waals surface area contributed by atoms with Gasteiger partial charge in [-0.1, -0.05) is 64.1 Å². The molecule has 0 bridgehead atoms. The molecule has 1 aliphatic rings. The summed E-state index contributed by atoms with van der Waals surface area (Å²) in [5.41, 5.74) is 8.94. The van der Waals surface area contributed by atoms with Crippen molar-refractivity contribution in [3.8, 4) is 5.75 Å². The zero-order valence-corrected chi connectivity index (χ0v) is 16.1. The summed E-state index contributed by atoms with van der Waals surface area (Å²) in [6, 6.07) is 16.3. The summed E-state index contributed by atoms with van der Waals surface area (Å²) >= 11 is 4.86. The second-order valence-electron chi connectivity index (χ2n) is 5.27. The Labute approximate surface area is 160 Å². The topological polar surface area (TPSA) is 59.1 Å². The Morgan fingerprint density at radius 2 is 2.04 bits per heavy atom. The summed E-state index contributed by atoms with van der Waals surface area (Å²) in [4.78, 5) is 0. The third kappa shape index (κ3) is 4.56. The number of ether oxygens (including phenoxy) is 1. The molecule has 1 unspecified atom stereocenters. The molecule has 3 nitrogen and oxygen atoms in total. The summed E-state index contributed by atoms with van der Waals surface area (Å²) < 4.78 is 7.23. The van der Waals surface area contributed by atoms with E-state index < -0.39 is 0 Å². The summed E-state index contributed by atoms with van der Waals surface area (Å²) in [7, 11) is 0. The number of amidine groups is 1. The van der Waals surface area contributed by atoms with Crippen molar-refractivity contribution in [2.24, 2.45) is 5.73 Å². The van der Waals surface area contributed by atoms with Crippen molar-refractivity contribution in [3.05, 3.63) is 70.2 Å². The molecular weight excluding hydrogens is 408 g/mol. The van der Waals surface area contributed by atoms with Gasteiger partial charge in [0.15, 0.2) is 5.17 Å². The van der Waals surface area contributed by atoms with Crippen molar-refractivity contribution in [1.82, 2.24) is 0 Å². The van der Waals surface area contributed by atoms with Gasteiger partial charge in [-0.3, -0.25) is 5.41 Å². The fraction of sp³-hybridized carbons (Fsp3) is 0.167. The molecule has 6 heteroatoms. The summed E-state index contributed by atoms with van der Waals surface area (Å²) in [6.45, 7) is 0. The molecule has 0 aliphatic carbocycles. The van der Waals surface area contributed by atoms with Crippen LogP contribution in [0.4, 0.5) is 0 Å². The summed E-state index contributed by atoms with van der Waals surface area (Å²) in [5.74, 6) is 1.59. The molecule has 1 heterocycles. The van der Waals surface area contributed by atoms with Crippen LogP contribution in [0.2, 0.25) is 0 Å². The first kappa shape index (κ1) is 18.9. The standard InChI is InChI=1S/C18H17BrN2OS.ClH/c19-14-6-7-16-15(11-14)13(8-9-23-18(20)21)10-17(22-16)12-4-2-1-3-5-12;/h1-8,11,17H,9-10H2,(H3,20,21);1H/b13-8+;. The highest BCUT2D eigenvalue weighted by atomic mass is 79.9. The Kier molecular flexibility index (Phi) is 6.78. The lowest BCUT2D eigenvalue weighted by Crippen LogP contribution is -2.15. The van der Waals surface area contributed by atoms with E-state index in [9.17, 15) is 0 Å². The first-order chi connectivity index (χ1) is 11.1. The van der Waals surface area contributed by atoms with Crippen LogP contribution in [0.25, 0.3) is 5.57 Å². The smallest absolute Gasteiger partial charge is 0.151 e. The lowest BCUT2D eigenvalue weighted by atomic mass is 9.92. The number of hydrogen-bond acceptors (Lipinski definition) is 3. The summed E-state index contributed by atoms with van der Waals surface area (Å²) in [5, 5.41) is 7.49. The number of nitrogens with two attached hydrogens (primary N) is 1. The molecule has 0 aromatic heterocycles.